The number of hydrogen-bond acceptors (Lipinski definition) is 3. The molecule has 0 aliphatic carbocycles. The zero-order valence-electron chi connectivity index (χ0n) is 17.4. The molecule has 2 heterocycles. The Hall–Kier alpha value is -1.13. The monoisotopic (exact) mass is 404 g/mol. The Kier molecular flexibility index (Phi) is 5.62. The van der Waals surface area contributed by atoms with E-state index in [1.54, 1.807) is 0 Å². The van der Waals surface area contributed by atoms with Crippen molar-refractivity contribution in [2.24, 2.45) is 0 Å². The zero-order chi connectivity index (χ0) is 19.9. The van der Waals surface area contributed by atoms with Crippen LogP contribution in [0.4, 0.5) is 0 Å². The first kappa shape index (κ1) is 20.6. The van der Waals surface area contributed by atoms with Crippen LogP contribution in [-0.4, -0.2) is 35.7 Å². The number of fused-ring (bicyclic) bond motifs is 1. The van der Waals surface area contributed by atoms with Gasteiger partial charge in [0, 0.05) is 24.0 Å². The van der Waals surface area contributed by atoms with Gasteiger partial charge in [0.05, 0.1) is 21.8 Å². The lowest BCUT2D eigenvalue weighted by Gasteiger charge is -2.39. The van der Waals surface area contributed by atoms with Crippen molar-refractivity contribution < 1.29 is 8.95 Å². The average molecular weight is 405 g/mol. The van der Waals surface area contributed by atoms with Gasteiger partial charge in [-0.05, 0) is 52.1 Å². The van der Waals surface area contributed by atoms with Crippen LogP contribution in [0.25, 0.3) is 0 Å². The van der Waals surface area contributed by atoms with E-state index in [0.29, 0.717) is 0 Å². The Bertz CT molecular complexity index is 793. The third-order valence-electron chi connectivity index (χ3n) is 4.97. The van der Waals surface area contributed by atoms with Crippen molar-refractivity contribution in [2.75, 3.05) is 13.1 Å². The second-order valence-corrected chi connectivity index (χ2v) is 16.3. The topological polar surface area (TPSA) is 50.4 Å². The van der Waals surface area contributed by atoms with E-state index in [0.717, 1.165) is 42.8 Å². The van der Waals surface area contributed by atoms with Gasteiger partial charge in [-0.25, -0.2) is 8.93 Å². The van der Waals surface area contributed by atoms with Gasteiger partial charge in [-0.15, -0.1) is 5.54 Å². The molecule has 6 heteroatoms. The summed E-state index contributed by atoms with van der Waals surface area (Å²) in [6, 6.07) is 6.14. The minimum Gasteiger partial charge on any atom is -0.485 e. The fraction of sp³-hybridized carbons (Fsp3) is 0.619. The van der Waals surface area contributed by atoms with Gasteiger partial charge >= 0.3 is 0 Å². The molecule has 0 radical (unpaired) electrons. The molecule has 3 rings (SSSR count). The van der Waals surface area contributed by atoms with Crippen LogP contribution in [0.15, 0.2) is 18.2 Å². The first-order valence-corrected chi connectivity index (χ1v) is 14.4. The second-order valence-electron chi connectivity index (χ2n) is 9.60. The van der Waals surface area contributed by atoms with E-state index in [9.17, 15) is 4.21 Å². The molecule has 0 unspecified atom stereocenters. The molecule has 0 bridgehead atoms. The normalized spacial score (nSPS) is 22.5. The standard InChI is InChI=1S/C21H32N2O2SSi/c1-20(2,3)26(24)23-19-17-15-16(9-14-27(4,5)6)7-8-18(17)25-21(19)10-12-22-13-11-21/h7-8,15,19,22-23H,10-13H2,1-6H3/t19-,26-/m1/s1. The lowest BCUT2D eigenvalue weighted by atomic mass is 9.83. The van der Waals surface area contributed by atoms with Gasteiger partial charge in [-0.3, -0.25) is 0 Å². The summed E-state index contributed by atoms with van der Waals surface area (Å²) in [6.45, 7) is 14.6. The predicted octanol–water partition coefficient (Wildman–Crippen LogP) is 3.52. The van der Waals surface area contributed by atoms with Gasteiger partial charge in [-0.2, -0.15) is 0 Å². The Morgan fingerprint density at radius 2 is 1.93 bits per heavy atom. The summed E-state index contributed by atoms with van der Waals surface area (Å²) in [4.78, 5) is 0. The maximum absolute atomic E-state index is 12.9. The summed E-state index contributed by atoms with van der Waals surface area (Å²) < 4.78 is 22.5. The molecule has 1 fully saturated rings. The van der Waals surface area contributed by atoms with Gasteiger partial charge in [-0.1, -0.05) is 25.6 Å². The van der Waals surface area contributed by atoms with E-state index in [1.165, 1.54) is 0 Å². The second kappa shape index (κ2) is 7.36. The fourth-order valence-electron chi connectivity index (χ4n) is 3.46. The Morgan fingerprint density at radius 1 is 1.26 bits per heavy atom. The zero-order valence-corrected chi connectivity index (χ0v) is 19.2. The largest absolute Gasteiger partial charge is 0.485 e. The van der Waals surface area contributed by atoms with E-state index >= 15 is 0 Å². The van der Waals surface area contributed by atoms with E-state index < -0.39 is 19.1 Å². The summed E-state index contributed by atoms with van der Waals surface area (Å²) in [5.41, 5.74) is 5.21. The average Bonchev–Trinajstić information content (AvgIpc) is 2.85. The molecule has 1 spiro atoms. The molecule has 148 valence electrons. The minimum atomic E-state index is -1.44. The van der Waals surface area contributed by atoms with Crippen molar-refractivity contribution in [1.29, 1.82) is 0 Å². The van der Waals surface area contributed by atoms with E-state index in [-0.39, 0.29) is 16.4 Å². The summed E-state index contributed by atoms with van der Waals surface area (Å²) in [5, 5.41) is 3.41. The number of benzene rings is 1. The molecule has 0 saturated carbocycles. The first-order chi connectivity index (χ1) is 12.5. The summed E-state index contributed by atoms with van der Waals surface area (Å²) in [7, 11) is -2.60. The highest BCUT2D eigenvalue weighted by Gasteiger charge is 2.50. The van der Waals surface area contributed by atoms with Crippen LogP contribution >= 0.6 is 0 Å². The van der Waals surface area contributed by atoms with Crippen molar-refractivity contribution in [2.45, 2.75) is 69.6 Å². The van der Waals surface area contributed by atoms with Crippen LogP contribution < -0.4 is 14.8 Å². The van der Waals surface area contributed by atoms with Crippen LogP contribution in [0.1, 0.15) is 50.8 Å². The van der Waals surface area contributed by atoms with Crippen molar-refractivity contribution in [3.05, 3.63) is 29.3 Å². The fourth-order valence-corrected chi connectivity index (χ4v) is 4.89. The Morgan fingerprint density at radius 3 is 2.52 bits per heavy atom. The van der Waals surface area contributed by atoms with Crippen molar-refractivity contribution in [3.63, 3.8) is 0 Å². The minimum absolute atomic E-state index is 0.0803. The van der Waals surface area contributed by atoms with Gasteiger partial charge in [0.25, 0.3) is 0 Å². The van der Waals surface area contributed by atoms with E-state index in [2.05, 4.69) is 47.2 Å². The molecular weight excluding hydrogens is 372 g/mol. The van der Waals surface area contributed by atoms with E-state index in [1.807, 2.05) is 32.9 Å². The third kappa shape index (κ3) is 4.65. The maximum atomic E-state index is 12.9. The van der Waals surface area contributed by atoms with Gasteiger partial charge in [0.1, 0.15) is 19.4 Å². The summed E-state index contributed by atoms with van der Waals surface area (Å²) >= 11 is 0. The molecule has 1 saturated heterocycles. The number of nitrogens with one attached hydrogen (secondary N) is 2. The molecule has 2 aliphatic rings. The predicted molar refractivity (Wildman–Crippen MR) is 116 cm³/mol. The SMILES string of the molecule is CC(C)(C)[S@@](=O)N[C@@H]1c2cc(C#C[Si](C)(C)C)ccc2OC12CCNCC2. The molecular formula is C21H32N2O2SSi. The van der Waals surface area contributed by atoms with Gasteiger partial charge < -0.3 is 10.1 Å². The van der Waals surface area contributed by atoms with Crippen LogP contribution in [0.5, 0.6) is 5.75 Å². The lowest BCUT2D eigenvalue weighted by Crippen LogP contribution is -2.53. The molecule has 1 aromatic carbocycles. The van der Waals surface area contributed by atoms with E-state index in [4.69, 9.17) is 4.74 Å². The number of piperidine rings is 1. The van der Waals surface area contributed by atoms with Gasteiger partial charge in [0.2, 0.25) is 0 Å². The van der Waals surface area contributed by atoms with Crippen molar-refractivity contribution in [1.82, 2.24) is 10.0 Å². The van der Waals surface area contributed by atoms with Crippen LogP contribution in [0.3, 0.4) is 0 Å². The van der Waals surface area contributed by atoms with Crippen LogP contribution in [-0.2, 0) is 11.0 Å². The molecule has 2 atom stereocenters. The molecule has 0 aromatic heterocycles. The molecule has 0 amide bonds. The Balaban J connectivity index is 1.99. The highest BCUT2D eigenvalue weighted by molar-refractivity contribution is 7.84. The maximum Gasteiger partial charge on any atom is 0.132 e. The molecule has 27 heavy (non-hydrogen) atoms. The van der Waals surface area contributed by atoms with Crippen molar-refractivity contribution >= 4 is 19.1 Å². The first-order valence-electron chi connectivity index (χ1n) is 9.75. The number of hydrogen-bond donors (Lipinski definition) is 2. The number of rotatable bonds is 2. The third-order valence-corrected chi connectivity index (χ3v) is 7.41. The summed E-state index contributed by atoms with van der Waals surface area (Å²) in [5.74, 6) is 4.25. The van der Waals surface area contributed by atoms with Crippen LogP contribution in [0, 0.1) is 11.5 Å². The lowest BCUT2D eigenvalue weighted by molar-refractivity contribution is 0.0324. The van der Waals surface area contributed by atoms with Crippen LogP contribution in [0.2, 0.25) is 19.6 Å². The summed E-state index contributed by atoms with van der Waals surface area (Å²) in [6.07, 6.45) is 1.80. The Labute approximate surface area is 167 Å². The molecule has 2 aliphatic heterocycles. The quantitative estimate of drug-likeness (QED) is 0.586. The molecule has 2 N–H and O–H groups in total. The number of ether oxygens (including phenoxy) is 1. The van der Waals surface area contributed by atoms with Gasteiger partial charge in [0.15, 0.2) is 0 Å². The van der Waals surface area contributed by atoms with Crippen molar-refractivity contribution in [3.8, 4) is 17.2 Å². The smallest absolute Gasteiger partial charge is 0.132 e. The molecule has 4 nitrogen and oxygen atoms in total. The highest BCUT2D eigenvalue weighted by Crippen LogP contribution is 2.48. The highest BCUT2D eigenvalue weighted by atomic mass is 32.2. The molecule has 1 aromatic rings.